The van der Waals surface area contributed by atoms with Gasteiger partial charge in [0.15, 0.2) is 12.6 Å². The Hall–Kier alpha value is -2.02. The van der Waals surface area contributed by atoms with Crippen molar-refractivity contribution >= 4 is 11.7 Å². The number of hydrogen-bond donors (Lipinski definition) is 3. The molecule has 4 heterocycles. The van der Waals surface area contributed by atoms with E-state index in [1.165, 1.54) is 0 Å². The smallest absolute Gasteiger partial charge is 0.311 e. The third-order valence-corrected chi connectivity index (χ3v) is 13.6. The second-order valence-corrected chi connectivity index (χ2v) is 18.5. The van der Waals surface area contributed by atoms with Gasteiger partial charge in [0.25, 0.3) is 0 Å². The van der Waals surface area contributed by atoms with Gasteiger partial charge in [0.1, 0.15) is 18.8 Å². The monoisotopic (exact) mass is 839 g/mol. The number of ether oxygens (including phenoxy) is 7. The molecule has 0 spiro atoms. The van der Waals surface area contributed by atoms with Crippen molar-refractivity contribution in [2.75, 3.05) is 66.5 Å². The molecule has 0 unspecified atom stereocenters. The maximum Gasteiger partial charge on any atom is 0.311 e. The van der Waals surface area contributed by atoms with Gasteiger partial charge in [0.2, 0.25) is 0 Å². The molecule has 3 aliphatic heterocycles. The largest absolute Gasteiger partial charge is 0.464 e. The van der Waals surface area contributed by atoms with Crippen LogP contribution in [0.5, 0.6) is 0 Å². The van der Waals surface area contributed by atoms with Crippen LogP contribution in [0, 0.1) is 23.7 Å². The molecule has 15 heteroatoms. The van der Waals surface area contributed by atoms with Crippen molar-refractivity contribution in [3.63, 3.8) is 0 Å². The van der Waals surface area contributed by atoms with E-state index in [-0.39, 0.29) is 43.1 Å². The predicted octanol–water partition coefficient (Wildman–Crippen LogP) is 3.56. The zero-order valence-corrected chi connectivity index (χ0v) is 38.3. The predicted molar refractivity (Wildman–Crippen MR) is 225 cm³/mol. The highest BCUT2D eigenvalue weighted by molar-refractivity contribution is 5.72. The number of cyclic esters (lactones) is 1. The Morgan fingerprint density at radius 1 is 0.949 bits per heavy atom. The molecule has 4 rings (SSSR count). The Balaban J connectivity index is 1.81. The number of aliphatic hydroxyl groups is 3. The first-order valence-corrected chi connectivity index (χ1v) is 21.6. The third-order valence-electron chi connectivity index (χ3n) is 13.6. The summed E-state index contributed by atoms with van der Waals surface area (Å²) in [6.07, 6.45) is -2.39. The van der Waals surface area contributed by atoms with Crippen LogP contribution < -0.4 is 4.90 Å². The van der Waals surface area contributed by atoms with E-state index in [9.17, 15) is 20.1 Å². The zero-order chi connectivity index (χ0) is 44.0. The first-order valence-electron chi connectivity index (χ1n) is 21.6. The van der Waals surface area contributed by atoms with E-state index in [1.54, 1.807) is 34.3 Å². The number of aliphatic hydroxyl groups excluding tert-OH is 3. The van der Waals surface area contributed by atoms with Crippen molar-refractivity contribution in [1.82, 2.24) is 14.8 Å². The number of rotatable bonds is 11. The molecule has 3 N–H and O–H groups in total. The summed E-state index contributed by atoms with van der Waals surface area (Å²) >= 11 is 0. The number of likely N-dealkylation sites (N-methyl/N-ethyl adjacent to an activating group) is 3. The van der Waals surface area contributed by atoms with Gasteiger partial charge in [-0.2, -0.15) is 0 Å². The molecule has 3 aliphatic rings. The molecule has 3 saturated heterocycles. The van der Waals surface area contributed by atoms with Gasteiger partial charge >= 0.3 is 5.97 Å². The lowest BCUT2D eigenvalue weighted by molar-refractivity contribution is -0.319. The summed E-state index contributed by atoms with van der Waals surface area (Å²) in [4.78, 5) is 25.2. The molecule has 0 radical (unpaired) electrons. The molecule has 0 bridgehead atoms. The lowest BCUT2D eigenvalue weighted by atomic mass is 9.75. The minimum absolute atomic E-state index is 0.0858. The van der Waals surface area contributed by atoms with Crippen LogP contribution in [0.3, 0.4) is 0 Å². The van der Waals surface area contributed by atoms with Gasteiger partial charge in [-0.3, -0.25) is 14.7 Å². The lowest BCUT2D eigenvalue weighted by Gasteiger charge is -2.49. The van der Waals surface area contributed by atoms with Gasteiger partial charge in [-0.25, -0.2) is 0 Å². The summed E-state index contributed by atoms with van der Waals surface area (Å²) in [5.41, 5.74) is -1.11. The van der Waals surface area contributed by atoms with Crippen LogP contribution in [0.4, 0.5) is 5.69 Å². The van der Waals surface area contributed by atoms with Gasteiger partial charge < -0.3 is 58.3 Å². The third kappa shape index (κ3) is 11.9. The maximum atomic E-state index is 14.5. The molecule has 0 amide bonds. The van der Waals surface area contributed by atoms with E-state index in [1.807, 2.05) is 85.9 Å². The first-order chi connectivity index (χ1) is 27.7. The number of methoxy groups -OCH3 is 2. The van der Waals surface area contributed by atoms with Crippen LogP contribution in [-0.2, 0) is 38.0 Å². The fourth-order valence-electron chi connectivity index (χ4n) is 9.59. The van der Waals surface area contributed by atoms with Gasteiger partial charge in [0.05, 0.1) is 65.6 Å². The van der Waals surface area contributed by atoms with E-state index in [4.69, 9.17) is 33.2 Å². The van der Waals surface area contributed by atoms with E-state index < -0.39 is 78.2 Å². The number of anilines is 1. The van der Waals surface area contributed by atoms with E-state index in [2.05, 4.69) is 21.7 Å². The molecule has 1 aromatic rings. The van der Waals surface area contributed by atoms with Gasteiger partial charge in [-0.15, -0.1) is 0 Å². The van der Waals surface area contributed by atoms with Gasteiger partial charge in [-0.1, -0.05) is 20.8 Å². The Morgan fingerprint density at radius 2 is 1.63 bits per heavy atom. The molecule has 0 aliphatic carbocycles. The Kier molecular flexibility index (Phi) is 18.0. The summed E-state index contributed by atoms with van der Waals surface area (Å²) in [5, 5.41) is 34.8. The average Bonchev–Trinajstić information content (AvgIpc) is 3.20. The highest BCUT2D eigenvalue weighted by Crippen LogP contribution is 2.41. The van der Waals surface area contributed by atoms with E-state index >= 15 is 0 Å². The quantitative estimate of drug-likeness (QED) is 0.277. The second-order valence-electron chi connectivity index (χ2n) is 18.5. The van der Waals surface area contributed by atoms with Crippen LogP contribution in [0.1, 0.15) is 81.6 Å². The number of carbonyl (C=O) groups excluding carboxylic acids is 1. The Bertz CT molecular complexity index is 1430. The number of nitrogens with zero attached hydrogens (tertiary/aromatic N) is 4. The van der Waals surface area contributed by atoms with Gasteiger partial charge in [-0.05, 0) is 99.5 Å². The average molecular weight is 839 g/mol. The van der Waals surface area contributed by atoms with Crippen molar-refractivity contribution in [2.24, 2.45) is 23.7 Å². The zero-order valence-electron chi connectivity index (χ0n) is 38.3. The summed E-state index contributed by atoms with van der Waals surface area (Å²) in [6, 6.07) is 3.45. The molecular formula is C44H78N4O11. The van der Waals surface area contributed by atoms with Crippen LogP contribution >= 0.6 is 0 Å². The SMILES string of the molecule is CCN(C[C@H]1COC(=O)[C@H](C)[C@@H](O[C@H]2C[C@@](C)(OC)[C@@H](O)[C@H](C)O2)[C@H](C)[C@@H](O[C@@H]2O[C@H](C)C[C@H](N(C)C)[C@H]2O)[C@](C)(OC)C[C@@H](C)[C@H](O)[C@H](C)CN1C)c1cccnc1. The van der Waals surface area contributed by atoms with Crippen molar-refractivity contribution in [1.29, 1.82) is 0 Å². The van der Waals surface area contributed by atoms with E-state index in [0.717, 1.165) is 5.69 Å². The lowest BCUT2D eigenvalue weighted by Crippen LogP contribution is -2.61. The number of pyridine rings is 1. The molecule has 59 heavy (non-hydrogen) atoms. The van der Waals surface area contributed by atoms with Crippen LogP contribution in [-0.4, -0.2) is 176 Å². The second kappa shape index (κ2) is 21.4. The van der Waals surface area contributed by atoms with Crippen LogP contribution in [0.25, 0.3) is 0 Å². The highest BCUT2D eigenvalue weighted by atomic mass is 16.7. The molecule has 3 fully saturated rings. The number of esters is 1. The number of aromatic nitrogens is 1. The number of hydrogen-bond acceptors (Lipinski definition) is 15. The minimum Gasteiger partial charge on any atom is -0.464 e. The minimum atomic E-state index is -1.08. The maximum absolute atomic E-state index is 14.5. The molecular weight excluding hydrogens is 761 g/mol. The Labute approximate surface area is 353 Å². The van der Waals surface area contributed by atoms with Gasteiger partial charge in [0, 0.05) is 58.4 Å². The summed E-state index contributed by atoms with van der Waals surface area (Å²) in [5.74, 6) is -2.35. The summed E-state index contributed by atoms with van der Waals surface area (Å²) < 4.78 is 45.0. The molecule has 17 atom stereocenters. The topological polar surface area (TPSA) is 165 Å². The highest BCUT2D eigenvalue weighted by Gasteiger charge is 2.52. The Morgan fingerprint density at radius 3 is 2.22 bits per heavy atom. The van der Waals surface area contributed by atoms with Crippen molar-refractivity contribution in [3.05, 3.63) is 24.5 Å². The van der Waals surface area contributed by atoms with Crippen LogP contribution in [0.2, 0.25) is 0 Å². The molecule has 1 aromatic heterocycles. The van der Waals surface area contributed by atoms with Crippen molar-refractivity contribution in [2.45, 2.75) is 160 Å². The van der Waals surface area contributed by atoms with E-state index in [0.29, 0.717) is 32.5 Å². The standard InChI is InChI=1S/C44H78N4O11/c1-15-48(32-17-16-18-45-22-32)24-33-25-55-41(52)30(6)38(58-35-21-43(8,53-13)39(51)31(7)57-35)29(5)40(59-42-37(50)34(46(10)11)19-28(4)56-42)44(9,54-14)20-26(2)36(49)27(3)23-47(33)12/h16-18,22,26-31,33-40,42,49-51H,15,19-21,23-25H2,1-14H3/t26-,27-,28-,29+,30-,31+,33+,34+,35+,36+,37-,38+,39+,40-,42+,43-,44-/m1/s1. The van der Waals surface area contributed by atoms with Crippen molar-refractivity contribution < 1.29 is 53.3 Å². The molecule has 340 valence electrons. The fraction of sp³-hybridized carbons (Fsp3) is 0.864. The number of carbonyl (C=O) groups is 1. The van der Waals surface area contributed by atoms with Crippen molar-refractivity contribution in [3.8, 4) is 0 Å². The molecule has 15 nitrogen and oxygen atoms in total. The molecule has 0 saturated carbocycles. The first kappa shape index (κ1) is 49.6. The molecule has 0 aromatic carbocycles. The van der Waals surface area contributed by atoms with Crippen LogP contribution in [0.15, 0.2) is 24.5 Å². The summed E-state index contributed by atoms with van der Waals surface area (Å²) in [7, 11) is 9.02. The summed E-state index contributed by atoms with van der Waals surface area (Å²) in [6.45, 7) is 19.2. The normalized spacial score (nSPS) is 42.5. The fourth-order valence-corrected chi connectivity index (χ4v) is 9.59.